The first kappa shape index (κ1) is 13.4. The van der Waals surface area contributed by atoms with Gasteiger partial charge in [0.25, 0.3) is 5.91 Å². The molecule has 21 heavy (non-hydrogen) atoms. The van der Waals surface area contributed by atoms with E-state index in [1.165, 1.54) is 0 Å². The number of pyridine rings is 1. The van der Waals surface area contributed by atoms with Crippen LogP contribution in [0, 0.1) is 17.4 Å². The molecule has 1 N–H and O–H groups in total. The van der Waals surface area contributed by atoms with Gasteiger partial charge >= 0.3 is 0 Å². The lowest BCUT2D eigenvalue weighted by Crippen LogP contribution is -2.30. The molecule has 5 nitrogen and oxygen atoms in total. The third-order valence-corrected chi connectivity index (χ3v) is 3.84. The molecule has 0 saturated carbocycles. The summed E-state index contributed by atoms with van der Waals surface area (Å²) < 4.78 is 0. The second-order valence-electron chi connectivity index (χ2n) is 5.33. The molecule has 0 bridgehead atoms. The minimum atomic E-state index is -0.156. The van der Waals surface area contributed by atoms with Crippen LogP contribution >= 0.6 is 0 Å². The molecule has 1 aromatic carbocycles. The molecule has 0 aliphatic carbocycles. The van der Waals surface area contributed by atoms with Gasteiger partial charge in [0.05, 0.1) is 0 Å². The van der Waals surface area contributed by atoms with Crippen LogP contribution in [0.4, 0.5) is 0 Å². The third-order valence-electron chi connectivity index (χ3n) is 3.84. The molecule has 1 amide bonds. The molecule has 106 valence electrons. The standard InChI is InChI=1S/C16H16N4O/c17-11-20-6-5-12(10-20)8-19-16(21)15-7-13-3-1-2-4-14(13)9-18-15/h1-4,7,9,12H,5-6,8,10H2,(H,19,21). The third kappa shape index (κ3) is 2.95. The van der Waals surface area contributed by atoms with Crippen molar-refractivity contribution in [2.75, 3.05) is 19.6 Å². The zero-order chi connectivity index (χ0) is 14.7. The fraction of sp³-hybridized carbons (Fsp3) is 0.312. The second kappa shape index (κ2) is 5.80. The van der Waals surface area contributed by atoms with E-state index in [-0.39, 0.29) is 5.91 Å². The van der Waals surface area contributed by atoms with Crippen LogP contribution in [-0.4, -0.2) is 35.4 Å². The van der Waals surface area contributed by atoms with Gasteiger partial charge in [-0.3, -0.25) is 9.78 Å². The van der Waals surface area contributed by atoms with Crippen molar-refractivity contribution in [1.82, 2.24) is 15.2 Å². The summed E-state index contributed by atoms with van der Waals surface area (Å²) in [6.45, 7) is 2.10. The van der Waals surface area contributed by atoms with Gasteiger partial charge in [-0.25, -0.2) is 0 Å². The maximum Gasteiger partial charge on any atom is 0.269 e. The summed E-state index contributed by atoms with van der Waals surface area (Å²) in [4.78, 5) is 18.1. The summed E-state index contributed by atoms with van der Waals surface area (Å²) in [5, 5.41) is 13.8. The van der Waals surface area contributed by atoms with Crippen molar-refractivity contribution in [3.8, 4) is 6.19 Å². The predicted octanol–water partition coefficient (Wildman–Crippen LogP) is 1.77. The van der Waals surface area contributed by atoms with Gasteiger partial charge in [-0.1, -0.05) is 24.3 Å². The number of nitriles is 1. The molecule has 1 fully saturated rings. The summed E-state index contributed by atoms with van der Waals surface area (Å²) in [7, 11) is 0. The predicted molar refractivity (Wildman–Crippen MR) is 79.4 cm³/mol. The quantitative estimate of drug-likeness (QED) is 0.870. The van der Waals surface area contributed by atoms with E-state index in [4.69, 9.17) is 5.26 Å². The van der Waals surface area contributed by atoms with Crippen LogP contribution in [0.15, 0.2) is 36.5 Å². The summed E-state index contributed by atoms with van der Waals surface area (Å²) >= 11 is 0. The van der Waals surface area contributed by atoms with Gasteiger partial charge in [0.2, 0.25) is 0 Å². The Balaban J connectivity index is 1.63. The number of likely N-dealkylation sites (tertiary alicyclic amines) is 1. The van der Waals surface area contributed by atoms with Gasteiger partial charge in [0.1, 0.15) is 5.69 Å². The number of fused-ring (bicyclic) bond motifs is 1. The zero-order valence-electron chi connectivity index (χ0n) is 11.6. The number of carbonyl (C=O) groups excluding carboxylic acids is 1. The van der Waals surface area contributed by atoms with Gasteiger partial charge in [-0.05, 0) is 23.8 Å². The van der Waals surface area contributed by atoms with Gasteiger partial charge in [-0.15, -0.1) is 0 Å². The van der Waals surface area contributed by atoms with Gasteiger partial charge < -0.3 is 10.2 Å². The van der Waals surface area contributed by atoms with Crippen molar-refractivity contribution in [1.29, 1.82) is 5.26 Å². The van der Waals surface area contributed by atoms with Crippen molar-refractivity contribution < 1.29 is 4.79 Å². The van der Waals surface area contributed by atoms with E-state index in [0.717, 1.165) is 30.3 Å². The first-order valence-corrected chi connectivity index (χ1v) is 7.04. The molecular formula is C16H16N4O. The molecule has 5 heteroatoms. The van der Waals surface area contributed by atoms with Crippen molar-refractivity contribution >= 4 is 16.7 Å². The molecule has 1 saturated heterocycles. The molecule has 2 aromatic rings. The van der Waals surface area contributed by atoms with Crippen LogP contribution < -0.4 is 5.32 Å². The number of carbonyl (C=O) groups is 1. The molecule has 0 spiro atoms. The lowest BCUT2D eigenvalue weighted by atomic mass is 10.1. The zero-order valence-corrected chi connectivity index (χ0v) is 11.6. The lowest BCUT2D eigenvalue weighted by Gasteiger charge is -2.11. The molecule has 1 unspecified atom stereocenters. The molecule has 2 heterocycles. The number of amides is 1. The van der Waals surface area contributed by atoms with Crippen LogP contribution in [0.3, 0.4) is 0 Å². The minimum absolute atomic E-state index is 0.156. The Morgan fingerprint density at radius 2 is 2.24 bits per heavy atom. The highest BCUT2D eigenvalue weighted by molar-refractivity contribution is 5.96. The number of hydrogen-bond acceptors (Lipinski definition) is 4. The van der Waals surface area contributed by atoms with Gasteiger partial charge in [0.15, 0.2) is 6.19 Å². The lowest BCUT2D eigenvalue weighted by molar-refractivity contribution is 0.0943. The fourth-order valence-electron chi connectivity index (χ4n) is 2.63. The highest BCUT2D eigenvalue weighted by Crippen LogP contribution is 2.15. The number of nitrogens with one attached hydrogen (secondary N) is 1. The van der Waals surface area contributed by atoms with E-state index < -0.39 is 0 Å². The number of benzene rings is 1. The molecule has 0 radical (unpaired) electrons. The Kier molecular flexibility index (Phi) is 3.69. The normalized spacial score (nSPS) is 17.7. The number of nitrogens with zero attached hydrogens (tertiary/aromatic N) is 3. The minimum Gasteiger partial charge on any atom is -0.350 e. The Hall–Kier alpha value is -2.61. The van der Waals surface area contributed by atoms with Crippen LogP contribution in [0.2, 0.25) is 0 Å². The van der Waals surface area contributed by atoms with Gasteiger partial charge in [0, 0.05) is 31.2 Å². The Morgan fingerprint density at radius 1 is 1.43 bits per heavy atom. The SMILES string of the molecule is N#CN1CCC(CNC(=O)c2cc3ccccc3cn2)C1. The summed E-state index contributed by atoms with van der Waals surface area (Å²) in [5.41, 5.74) is 0.434. The average Bonchev–Trinajstić information content (AvgIpc) is 3.00. The number of rotatable bonds is 3. The first-order chi connectivity index (χ1) is 10.3. The van der Waals surface area contributed by atoms with Crippen molar-refractivity contribution in [2.24, 2.45) is 5.92 Å². The first-order valence-electron chi connectivity index (χ1n) is 7.04. The van der Waals surface area contributed by atoms with E-state index in [2.05, 4.69) is 16.5 Å². The molecule has 1 aromatic heterocycles. The van der Waals surface area contributed by atoms with Crippen molar-refractivity contribution in [3.05, 3.63) is 42.2 Å². The molecule has 1 aliphatic rings. The van der Waals surface area contributed by atoms with Crippen molar-refractivity contribution in [2.45, 2.75) is 6.42 Å². The van der Waals surface area contributed by atoms with Crippen molar-refractivity contribution in [3.63, 3.8) is 0 Å². The molecule has 3 rings (SSSR count). The maximum atomic E-state index is 12.1. The van der Waals surface area contributed by atoms with Gasteiger partial charge in [-0.2, -0.15) is 5.26 Å². The topological polar surface area (TPSA) is 69.0 Å². The maximum absolute atomic E-state index is 12.1. The number of hydrogen-bond donors (Lipinski definition) is 1. The van der Waals surface area contributed by atoms with Crippen LogP contribution in [0.25, 0.3) is 10.8 Å². The number of aromatic nitrogens is 1. The van der Waals surface area contributed by atoms with E-state index in [0.29, 0.717) is 18.2 Å². The fourth-order valence-corrected chi connectivity index (χ4v) is 2.63. The monoisotopic (exact) mass is 280 g/mol. The largest absolute Gasteiger partial charge is 0.350 e. The molecular weight excluding hydrogens is 264 g/mol. The Bertz CT molecular complexity index is 707. The van der Waals surface area contributed by atoms with E-state index >= 15 is 0 Å². The van der Waals surface area contributed by atoms with E-state index in [9.17, 15) is 4.79 Å². The van der Waals surface area contributed by atoms with Crippen LogP contribution in [0.1, 0.15) is 16.9 Å². The van der Waals surface area contributed by atoms with E-state index in [1.807, 2.05) is 24.3 Å². The summed E-state index contributed by atoms with van der Waals surface area (Å²) in [6.07, 6.45) is 4.80. The summed E-state index contributed by atoms with van der Waals surface area (Å²) in [6, 6.07) is 9.64. The highest BCUT2D eigenvalue weighted by atomic mass is 16.1. The smallest absolute Gasteiger partial charge is 0.269 e. The molecule has 1 aliphatic heterocycles. The van der Waals surface area contributed by atoms with E-state index in [1.54, 1.807) is 17.2 Å². The Morgan fingerprint density at radius 3 is 3.00 bits per heavy atom. The average molecular weight is 280 g/mol. The molecule has 1 atom stereocenters. The second-order valence-corrected chi connectivity index (χ2v) is 5.33. The van der Waals surface area contributed by atoms with Crippen LogP contribution in [-0.2, 0) is 0 Å². The van der Waals surface area contributed by atoms with Crippen LogP contribution in [0.5, 0.6) is 0 Å². The highest BCUT2D eigenvalue weighted by Gasteiger charge is 2.22. The Labute approximate surface area is 123 Å². The summed E-state index contributed by atoms with van der Waals surface area (Å²) in [5.74, 6) is 0.185.